The molecule has 0 radical (unpaired) electrons. The summed E-state index contributed by atoms with van der Waals surface area (Å²) in [7, 11) is 0. The number of aliphatic carboxylic acids is 2. The Hall–Kier alpha value is -4.99. The van der Waals surface area contributed by atoms with Gasteiger partial charge in [0.25, 0.3) is 0 Å². The van der Waals surface area contributed by atoms with Gasteiger partial charge in [0, 0.05) is 51.6 Å². The number of fused-ring (bicyclic) bond motifs is 8. The standard InChI is InChI=1S/C34H36N4O6/c1-7-19-15(3)23-12-25-17(5)21(9-10-29(39)40)32(37-25)22(11-30(41)42)33-31(34(43)44)18(6)26(38-33)14-28-20(8-2)16(4)24(36-28)13-27(19)35-23/h7,12-14,17,21,36,38H,1,8-11H2,2-6H3,(H,39,40)(H,41,42)(H,43,44)/t17-,21-/m1/s1. The van der Waals surface area contributed by atoms with Crippen LogP contribution < -0.4 is 0 Å². The molecular formula is C34H36N4O6. The van der Waals surface area contributed by atoms with Gasteiger partial charge in [-0.15, -0.1) is 0 Å². The van der Waals surface area contributed by atoms with Crippen LogP contribution in [0.1, 0.15) is 101 Å². The lowest BCUT2D eigenvalue weighted by atomic mass is 9.85. The van der Waals surface area contributed by atoms with Crippen LogP contribution in [0.15, 0.2) is 30.9 Å². The highest BCUT2D eigenvalue weighted by molar-refractivity contribution is 6.02. The van der Waals surface area contributed by atoms with Gasteiger partial charge in [0.1, 0.15) is 0 Å². The van der Waals surface area contributed by atoms with E-state index in [4.69, 9.17) is 9.97 Å². The van der Waals surface area contributed by atoms with Gasteiger partial charge in [-0.25, -0.2) is 9.78 Å². The van der Waals surface area contributed by atoms with E-state index in [1.54, 1.807) is 13.0 Å². The molecule has 0 saturated carbocycles. The number of nitrogens with one attached hydrogen (secondary N) is 2. The Labute approximate surface area is 254 Å². The van der Waals surface area contributed by atoms with Crippen LogP contribution >= 0.6 is 0 Å². The highest BCUT2D eigenvalue weighted by Gasteiger charge is 2.33. The van der Waals surface area contributed by atoms with E-state index in [2.05, 4.69) is 16.5 Å². The van der Waals surface area contributed by atoms with Crippen molar-refractivity contribution < 1.29 is 29.7 Å². The third kappa shape index (κ3) is 5.21. The number of rotatable bonds is 8. The van der Waals surface area contributed by atoms with Crippen molar-refractivity contribution in [1.29, 1.82) is 0 Å². The molecular weight excluding hydrogens is 560 g/mol. The number of aromatic carboxylic acids is 1. The second kappa shape index (κ2) is 11.6. The Bertz CT molecular complexity index is 1940. The molecule has 5 N–H and O–H groups in total. The van der Waals surface area contributed by atoms with E-state index < -0.39 is 30.2 Å². The summed E-state index contributed by atoms with van der Waals surface area (Å²) in [6, 6.07) is 5.70. The van der Waals surface area contributed by atoms with E-state index in [1.807, 2.05) is 45.9 Å². The van der Waals surface area contributed by atoms with Gasteiger partial charge in [0.2, 0.25) is 0 Å². The molecule has 0 amide bonds. The minimum absolute atomic E-state index is 0.0388. The Morgan fingerprint density at radius 3 is 2.23 bits per heavy atom. The van der Waals surface area contributed by atoms with Gasteiger partial charge in [-0.3, -0.25) is 14.6 Å². The molecule has 5 rings (SSSR count). The summed E-state index contributed by atoms with van der Waals surface area (Å²) >= 11 is 0. The number of nitrogens with zero attached hydrogens (tertiary/aromatic N) is 2. The number of carboxylic acid groups (broad SMARTS) is 3. The summed E-state index contributed by atoms with van der Waals surface area (Å²) < 4.78 is 0. The SMILES string of the molecule is C=CC1=C(C)c2cc3nc(c(CC(=O)O)c4[nH]c(cc5[nH]c(cc1n2)c(C)c5CC)c(C)c4C(=O)O)[C@H](CCC(=O)O)[C@H]3C. The molecule has 0 fully saturated rings. The number of hydrogen-bond acceptors (Lipinski definition) is 5. The Morgan fingerprint density at radius 2 is 1.61 bits per heavy atom. The van der Waals surface area contributed by atoms with Gasteiger partial charge in [-0.1, -0.05) is 26.5 Å². The number of carboxylic acids is 3. The highest BCUT2D eigenvalue weighted by atomic mass is 16.4. The number of aromatic amines is 2. The fourth-order valence-electron chi connectivity index (χ4n) is 6.53. The first-order valence-electron chi connectivity index (χ1n) is 14.6. The van der Waals surface area contributed by atoms with Crippen molar-refractivity contribution in [3.63, 3.8) is 0 Å². The minimum Gasteiger partial charge on any atom is -0.481 e. The van der Waals surface area contributed by atoms with Crippen molar-refractivity contribution >= 4 is 51.1 Å². The minimum atomic E-state index is -1.20. The van der Waals surface area contributed by atoms with Crippen molar-refractivity contribution in [1.82, 2.24) is 19.9 Å². The summed E-state index contributed by atoms with van der Waals surface area (Å²) in [5.74, 6) is -4.08. The van der Waals surface area contributed by atoms with Crippen LogP contribution in [-0.2, 0) is 22.4 Å². The van der Waals surface area contributed by atoms with Crippen molar-refractivity contribution in [3.05, 3.63) is 81.4 Å². The van der Waals surface area contributed by atoms with E-state index in [0.29, 0.717) is 28.2 Å². The summed E-state index contributed by atoms with van der Waals surface area (Å²) in [5.41, 5.74) is 9.27. The number of allylic oxidation sites excluding steroid dienone is 3. The number of carbonyl (C=O) groups is 3. The molecule has 228 valence electrons. The summed E-state index contributed by atoms with van der Waals surface area (Å²) in [6.45, 7) is 13.7. The van der Waals surface area contributed by atoms with Gasteiger partial charge in [-0.05, 0) is 74.1 Å². The smallest absolute Gasteiger partial charge is 0.338 e. The molecule has 0 aliphatic carbocycles. The Balaban J connectivity index is 2.04. The van der Waals surface area contributed by atoms with Gasteiger partial charge in [0.05, 0.1) is 34.6 Å². The quantitative estimate of drug-likeness (QED) is 0.192. The first kappa shape index (κ1) is 30.5. The Kier molecular flexibility index (Phi) is 8.03. The maximum Gasteiger partial charge on any atom is 0.338 e. The van der Waals surface area contributed by atoms with E-state index in [0.717, 1.165) is 45.4 Å². The van der Waals surface area contributed by atoms with Crippen LogP contribution in [0.4, 0.5) is 0 Å². The van der Waals surface area contributed by atoms with Crippen LogP contribution in [-0.4, -0.2) is 53.2 Å². The van der Waals surface area contributed by atoms with Crippen molar-refractivity contribution in [2.75, 3.05) is 0 Å². The maximum absolute atomic E-state index is 12.7. The van der Waals surface area contributed by atoms with Crippen molar-refractivity contribution in [2.24, 2.45) is 0 Å². The molecule has 10 heteroatoms. The fourth-order valence-corrected chi connectivity index (χ4v) is 6.53. The van der Waals surface area contributed by atoms with E-state index in [9.17, 15) is 29.7 Å². The normalized spacial score (nSPS) is 16.3. The third-order valence-electron chi connectivity index (χ3n) is 8.95. The third-order valence-corrected chi connectivity index (χ3v) is 8.95. The summed E-state index contributed by atoms with van der Waals surface area (Å²) in [4.78, 5) is 53.2. The molecule has 8 bridgehead atoms. The van der Waals surface area contributed by atoms with Crippen LogP contribution in [0.3, 0.4) is 0 Å². The number of aromatic nitrogens is 4. The predicted octanol–water partition coefficient (Wildman–Crippen LogP) is 6.69. The molecule has 2 aliphatic rings. The molecule has 0 spiro atoms. The van der Waals surface area contributed by atoms with E-state index in [1.165, 1.54) is 0 Å². The first-order valence-corrected chi connectivity index (χ1v) is 14.6. The number of H-pyrrole nitrogens is 2. The van der Waals surface area contributed by atoms with Crippen LogP contribution in [0, 0.1) is 13.8 Å². The lowest BCUT2D eigenvalue weighted by Gasteiger charge is -2.17. The zero-order chi connectivity index (χ0) is 32.0. The average Bonchev–Trinajstić information content (AvgIpc) is 3.63. The van der Waals surface area contributed by atoms with Crippen LogP contribution in [0.5, 0.6) is 0 Å². The largest absolute Gasteiger partial charge is 0.481 e. The molecule has 5 heterocycles. The monoisotopic (exact) mass is 596 g/mol. The lowest BCUT2D eigenvalue weighted by molar-refractivity contribution is -0.138. The molecule has 2 atom stereocenters. The van der Waals surface area contributed by atoms with Gasteiger partial charge in [-0.2, -0.15) is 0 Å². The number of aryl methyl sites for hydroxylation is 3. The van der Waals surface area contributed by atoms with E-state index in [-0.39, 0.29) is 35.4 Å². The molecule has 3 aromatic heterocycles. The topological polar surface area (TPSA) is 169 Å². The molecule has 10 nitrogen and oxygen atoms in total. The van der Waals surface area contributed by atoms with Crippen LogP contribution in [0.25, 0.3) is 33.2 Å². The van der Waals surface area contributed by atoms with Crippen molar-refractivity contribution in [3.8, 4) is 0 Å². The average molecular weight is 597 g/mol. The zero-order valence-electron chi connectivity index (χ0n) is 25.5. The molecule has 2 aliphatic heterocycles. The van der Waals surface area contributed by atoms with Gasteiger partial charge < -0.3 is 25.3 Å². The molecule has 3 aromatic rings. The highest BCUT2D eigenvalue weighted by Crippen LogP contribution is 2.43. The zero-order valence-corrected chi connectivity index (χ0v) is 25.5. The first-order chi connectivity index (χ1) is 20.9. The maximum atomic E-state index is 12.7. The van der Waals surface area contributed by atoms with Gasteiger partial charge >= 0.3 is 17.9 Å². The fraction of sp³-hybridized carbons (Fsp3) is 0.324. The summed E-state index contributed by atoms with van der Waals surface area (Å²) in [5, 5.41) is 29.9. The van der Waals surface area contributed by atoms with Crippen molar-refractivity contribution in [2.45, 2.75) is 72.1 Å². The summed E-state index contributed by atoms with van der Waals surface area (Å²) in [6.07, 6.45) is 2.04. The molecule has 0 unspecified atom stereocenters. The number of hydrogen-bond donors (Lipinski definition) is 5. The van der Waals surface area contributed by atoms with Gasteiger partial charge in [0.15, 0.2) is 0 Å². The van der Waals surface area contributed by atoms with E-state index >= 15 is 0 Å². The predicted molar refractivity (Wildman–Crippen MR) is 169 cm³/mol. The Morgan fingerprint density at radius 1 is 0.909 bits per heavy atom. The lowest BCUT2D eigenvalue weighted by Crippen LogP contribution is -2.11. The molecule has 44 heavy (non-hydrogen) atoms. The second-order valence-electron chi connectivity index (χ2n) is 11.5. The second-order valence-corrected chi connectivity index (χ2v) is 11.5. The molecule has 0 saturated heterocycles. The molecule has 0 aromatic carbocycles. The van der Waals surface area contributed by atoms with Crippen LogP contribution in [0.2, 0.25) is 0 Å².